The number of fused-ring (bicyclic) bond motifs is 7. The number of furan rings is 1. The van der Waals surface area contributed by atoms with Crippen LogP contribution >= 0.6 is 0 Å². The quantitative estimate of drug-likeness (QED) is 0.169. The molecule has 2 nitrogen and oxygen atoms in total. The second kappa shape index (κ2) is 13.2. The fourth-order valence-corrected chi connectivity index (χ4v) is 6.78. The van der Waals surface area contributed by atoms with E-state index in [2.05, 4.69) is 0 Å². The fraction of sp³-hybridized carbons (Fsp3) is 0. The molecule has 2 heteroatoms. The van der Waals surface area contributed by atoms with Gasteiger partial charge in [-0.25, -0.2) is 0 Å². The van der Waals surface area contributed by atoms with E-state index in [0.717, 1.165) is 16.3 Å². The molecule has 0 unspecified atom stereocenters. The Morgan fingerprint density at radius 1 is 0.393 bits per heavy atom. The number of hydrogen-bond acceptors (Lipinski definition) is 2. The maximum Gasteiger partial charge on any atom is 0.143 e. The third kappa shape index (κ3) is 5.42. The molecule has 0 spiro atoms. The first kappa shape index (κ1) is 16.1. The maximum atomic E-state index is 9.80. The number of benzene rings is 10. The average molecular weight is 738 g/mol. The van der Waals surface area contributed by atoms with E-state index >= 15 is 0 Å². The van der Waals surface area contributed by atoms with Gasteiger partial charge < -0.3 is 9.32 Å². The van der Waals surface area contributed by atoms with Gasteiger partial charge in [0, 0.05) is 22.1 Å². The predicted octanol–water partition coefficient (Wildman–Crippen LogP) is 15.5. The lowest BCUT2D eigenvalue weighted by atomic mass is 9.97. The number of nitrogens with zero attached hydrogens (tertiary/aromatic N) is 1. The van der Waals surface area contributed by atoms with Gasteiger partial charge in [-0.3, -0.25) is 0 Å². The van der Waals surface area contributed by atoms with Crippen molar-refractivity contribution in [2.24, 2.45) is 0 Å². The summed E-state index contributed by atoms with van der Waals surface area (Å²) < 4.78 is 226. The third-order valence-corrected chi connectivity index (χ3v) is 9.42. The number of hydrogen-bond donors (Lipinski definition) is 0. The molecular weight excluding hydrogens is 679 g/mol. The van der Waals surface area contributed by atoms with Gasteiger partial charge >= 0.3 is 0 Å². The molecule has 56 heavy (non-hydrogen) atoms. The van der Waals surface area contributed by atoms with Crippen LogP contribution in [0.15, 0.2) is 216 Å². The highest BCUT2D eigenvalue weighted by molar-refractivity contribution is 6.19. The Labute approximate surface area is 358 Å². The Kier molecular flexibility index (Phi) is 3.79. The molecule has 0 amide bonds. The second-order valence-corrected chi connectivity index (χ2v) is 12.7. The Morgan fingerprint density at radius 3 is 1.84 bits per heavy atom. The highest BCUT2D eigenvalue weighted by Gasteiger charge is 2.21. The van der Waals surface area contributed by atoms with Crippen molar-refractivity contribution >= 4 is 71.3 Å². The van der Waals surface area contributed by atoms with Crippen LogP contribution in [0.2, 0.25) is 0 Å². The van der Waals surface area contributed by atoms with Crippen molar-refractivity contribution in [3.63, 3.8) is 0 Å². The van der Waals surface area contributed by atoms with Gasteiger partial charge in [-0.05, 0) is 115 Å². The molecule has 0 atom stereocenters. The summed E-state index contributed by atoms with van der Waals surface area (Å²) in [5.74, 6) is 0. The van der Waals surface area contributed by atoms with Gasteiger partial charge in [-0.1, -0.05) is 157 Å². The lowest BCUT2D eigenvalue weighted by Crippen LogP contribution is -2.10. The molecule has 1 heterocycles. The molecule has 11 rings (SSSR count). The first-order chi connectivity index (χ1) is 37.8. The Balaban J connectivity index is 1.29. The van der Waals surface area contributed by atoms with Crippen molar-refractivity contribution in [3.05, 3.63) is 212 Å². The standard InChI is InChI=1S/C54H35NO/c1-2-13-41-35-44(23-22-36(41)10-1)43-16-7-15-42(34-43)37-24-29-45(30-25-37)55(46-31-26-40(27-32-46)48-19-8-14-38-11-3-5-17-47(38)48)51-20-9-21-52-53(51)50-33-28-39-12-4-6-18-49(39)54(50)56-52/h1-35H/i3D,4D,5D,6D,8D,9D,11D,12D,14D,17D,18D,19D,20D,21D,24D,25D,26D,27D,28D,29D,30D,31D,32D,33D. The van der Waals surface area contributed by atoms with Crippen LogP contribution in [0.3, 0.4) is 0 Å². The summed E-state index contributed by atoms with van der Waals surface area (Å²) >= 11 is 0. The fourth-order valence-electron chi connectivity index (χ4n) is 6.78. The van der Waals surface area contributed by atoms with Crippen molar-refractivity contribution in [3.8, 4) is 33.4 Å². The van der Waals surface area contributed by atoms with Crippen molar-refractivity contribution < 1.29 is 37.3 Å². The van der Waals surface area contributed by atoms with Crippen molar-refractivity contribution in [1.29, 1.82) is 0 Å². The number of rotatable bonds is 6. The molecule has 10 aromatic carbocycles. The third-order valence-electron chi connectivity index (χ3n) is 9.42. The Bertz CT molecular complexity index is 4600. The smallest absolute Gasteiger partial charge is 0.143 e. The minimum Gasteiger partial charge on any atom is -0.455 e. The molecule has 11 aromatic rings. The highest BCUT2D eigenvalue weighted by atomic mass is 16.3. The van der Waals surface area contributed by atoms with Crippen LogP contribution in [0.4, 0.5) is 17.1 Å². The maximum absolute atomic E-state index is 9.80. The van der Waals surface area contributed by atoms with E-state index in [1.165, 1.54) is 0 Å². The monoisotopic (exact) mass is 737 g/mol. The number of anilines is 3. The molecule has 0 fully saturated rings. The van der Waals surface area contributed by atoms with Crippen molar-refractivity contribution in [1.82, 2.24) is 0 Å². The van der Waals surface area contributed by atoms with Crippen LogP contribution in [0, 0.1) is 0 Å². The average Bonchev–Trinajstić information content (AvgIpc) is 3.98. The van der Waals surface area contributed by atoms with Gasteiger partial charge in [-0.2, -0.15) is 0 Å². The zero-order chi connectivity index (χ0) is 57.9. The second-order valence-electron chi connectivity index (χ2n) is 12.7. The van der Waals surface area contributed by atoms with Gasteiger partial charge in [0.1, 0.15) is 11.2 Å². The van der Waals surface area contributed by atoms with Crippen LogP contribution in [0.5, 0.6) is 0 Å². The molecule has 262 valence electrons. The Hall–Kier alpha value is -7.42. The summed E-state index contributed by atoms with van der Waals surface area (Å²) in [5, 5.41) is -1.38. The molecule has 0 saturated heterocycles. The van der Waals surface area contributed by atoms with E-state index in [9.17, 15) is 13.7 Å². The first-order valence-electron chi connectivity index (χ1n) is 29.2. The van der Waals surface area contributed by atoms with Gasteiger partial charge in [0.25, 0.3) is 0 Å². The summed E-state index contributed by atoms with van der Waals surface area (Å²) in [7, 11) is 0. The molecule has 0 radical (unpaired) electrons. The molecule has 0 bridgehead atoms. The minimum atomic E-state index is -1.14. The largest absolute Gasteiger partial charge is 0.455 e. The van der Waals surface area contributed by atoms with E-state index in [1.807, 2.05) is 42.5 Å². The van der Waals surface area contributed by atoms with E-state index in [0.29, 0.717) is 10.5 Å². The van der Waals surface area contributed by atoms with E-state index in [4.69, 9.17) is 23.6 Å². The van der Waals surface area contributed by atoms with Crippen molar-refractivity contribution in [2.45, 2.75) is 0 Å². The lowest BCUT2D eigenvalue weighted by Gasteiger charge is -2.27. The van der Waals surface area contributed by atoms with Crippen LogP contribution < -0.4 is 4.90 Å². The molecule has 1 aromatic heterocycles. The van der Waals surface area contributed by atoms with Crippen LogP contribution in [0.1, 0.15) is 32.9 Å². The van der Waals surface area contributed by atoms with Gasteiger partial charge in [0.15, 0.2) is 0 Å². The summed E-state index contributed by atoms with van der Waals surface area (Å²) in [6, 6.07) is -1.39. The Morgan fingerprint density at radius 2 is 1.04 bits per heavy atom. The first-order valence-corrected chi connectivity index (χ1v) is 17.2. The molecule has 0 N–H and O–H groups in total. The summed E-state index contributed by atoms with van der Waals surface area (Å²) in [6.07, 6.45) is 0. The molecule has 0 saturated carbocycles. The molecule has 0 aliphatic carbocycles. The highest BCUT2D eigenvalue weighted by Crippen LogP contribution is 2.45. The topological polar surface area (TPSA) is 16.4 Å². The van der Waals surface area contributed by atoms with Crippen LogP contribution in [-0.4, -0.2) is 0 Å². The van der Waals surface area contributed by atoms with Gasteiger partial charge in [0.05, 0.1) is 44.0 Å². The van der Waals surface area contributed by atoms with Crippen LogP contribution in [-0.2, 0) is 0 Å². The molecule has 0 aliphatic heterocycles. The SMILES string of the molecule is [2H]c1c([2H])c(N(c2c([2H])c([2H])c(-c3c([2H])c([2H])c([2H])c4c([2H])c([2H])c([2H])c([2H])c34)c([2H])c2[2H])c2c([2H])c([2H])c([2H])c3oc4c5c([2H])c([2H])c([2H])c([2H])c5c([2H])c([2H])c4c23)c([2H])c([2H])c1-c1cccc(-c2ccc3ccccc3c2)c1. The summed E-state index contributed by atoms with van der Waals surface area (Å²) in [4.78, 5) is 0.597. The summed E-state index contributed by atoms with van der Waals surface area (Å²) in [6.45, 7) is 0. The van der Waals surface area contributed by atoms with E-state index in [-0.39, 0.29) is 11.1 Å². The molecular formula is C54H35NO. The van der Waals surface area contributed by atoms with Crippen LogP contribution in [0.25, 0.3) is 87.6 Å². The molecule has 0 aliphatic rings. The predicted molar refractivity (Wildman–Crippen MR) is 237 cm³/mol. The van der Waals surface area contributed by atoms with E-state index in [1.54, 1.807) is 24.3 Å². The van der Waals surface area contributed by atoms with Gasteiger partial charge in [-0.15, -0.1) is 0 Å². The van der Waals surface area contributed by atoms with Gasteiger partial charge in [0.2, 0.25) is 0 Å². The zero-order valence-electron chi connectivity index (χ0n) is 52.7. The summed E-state index contributed by atoms with van der Waals surface area (Å²) in [5.41, 5.74) is -4.18. The zero-order valence-corrected chi connectivity index (χ0v) is 28.7. The normalized spacial score (nSPS) is 17.6. The minimum absolute atomic E-state index is 0.192. The van der Waals surface area contributed by atoms with E-state index < -0.39 is 217 Å². The lowest BCUT2D eigenvalue weighted by molar-refractivity contribution is 0.672. The van der Waals surface area contributed by atoms with Crippen molar-refractivity contribution in [2.75, 3.05) is 4.90 Å².